The highest BCUT2D eigenvalue weighted by Gasteiger charge is 2.12. The lowest BCUT2D eigenvalue weighted by Crippen LogP contribution is -2.29. The summed E-state index contributed by atoms with van der Waals surface area (Å²) in [6.07, 6.45) is 0. The van der Waals surface area contributed by atoms with Crippen molar-refractivity contribution < 1.29 is 14.7 Å². The van der Waals surface area contributed by atoms with Gasteiger partial charge in [-0.25, -0.2) is 9.59 Å². The predicted octanol–water partition coefficient (Wildman–Crippen LogP) is 2.18. The van der Waals surface area contributed by atoms with Crippen LogP contribution >= 0.6 is 11.6 Å². The Morgan fingerprint density at radius 2 is 2.17 bits per heavy atom. The van der Waals surface area contributed by atoms with Crippen LogP contribution < -0.4 is 10.6 Å². The maximum atomic E-state index is 11.4. The van der Waals surface area contributed by atoms with Gasteiger partial charge in [-0.15, -0.1) is 5.92 Å². The van der Waals surface area contributed by atoms with Crippen LogP contribution in [0.3, 0.4) is 0 Å². The van der Waals surface area contributed by atoms with Crippen molar-refractivity contribution in [1.82, 2.24) is 5.32 Å². The van der Waals surface area contributed by atoms with Gasteiger partial charge in [0.25, 0.3) is 0 Å². The molecular weight excluding hydrogens is 256 g/mol. The minimum absolute atomic E-state index is 0.0314. The van der Waals surface area contributed by atoms with Gasteiger partial charge in [0.2, 0.25) is 0 Å². The molecule has 0 aliphatic rings. The zero-order chi connectivity index (χ0) is 13.5. The normalized spacial score (nSPS) is 9.00. The number of hydrogen-bond acceptors (Lipinski definition) is 2. The molecule has 0 fully saturated rings. The molecule has 0 saturated carbocycles. The third-order valence-electron chi connectivity index (χ3n) is 1.97. The Morgan fingerprint density at radius 3 is 2.78 bits per heavy atom. The van der Waals surface area contributed by atoms with E-state index in [-0.39, 0.29) is 17.8 Å². The van der Waals surface area contributed by atoms with Gasteiger partial charge in [0, 0.05) is 5.02 Å². The van der Waals surface area contributed by atoms with Gasteiger partial charge < -0.3 is 15.7 Å². The van der Waals surface area contributed by atoms with Gasteiger partial charge in [-0.1, -0.05) is 17.5 Å². The third-order valence-corrected chi connectivity index (χ3v) is 2.21. The first kappa shape index (κ1) is 13.9. The zero-order valence-corrected chi connectivity index (χ0v) is 10.3. The van der Waals surface area contributed by atoms with E-state index in [0.29, 0.717) is 5.02 Å². The van der Waals surface area contributed by atoms with Crippen molar-refractivity contribution in [2.24, 2.45) is 0 Å². The minimum Gasteiger partial charge on any atom is -0.478 e. The summed E-state index contributed by atoms with van der Waals surface area (Å²) in [5.41, 5.74) is 0.105. The summed E-state index contributed by atoms with van der Waals surface area (Å²) in [5.74, 6) is 4.12. The number of halogens is 1. The number of carboxylic acid groups (broad SMARTS) is 1. The monoisotopic (exact) mass is 266 g/mol. The SMILES string of the molecule is CC#CCNC(=O)Nc1cc(Cl)ccc1C(=O)O. The second-order valence-corrected chi connectivity index (χ2v) is 3.67. The molecule has 1 rings (SSSR count). The van der Waals surface area contributed by atoms with E-state index in [4.69, 9.17) is 16.7 Å². The van der Waals surface area contributed by atoms with E-state index in [0.717, 1.165) is 0 Å². The van der Waals surface area contributed by atoms with Crippen LogP contribution in [-0.2, 0) is 0 Å². The molecule has 94 valence electrons. The van der Waals surface area contributed by atoms with Crippen molar-refractivity contribution in [2.75, 3.05) is 11.9 Å². The van der Waals surface area contributed by atoms with E-state index in [1.165, 1.54) is 18.2 Å². The van der Waals surface area contributed by atoms with Crippen molar-refractivity contribution in [3.63, 3.8) is 0 Å². The van der Waals surface area contributed by atoms with Crippen LogP contribution in [0.1, 0.15) is 17.3 Å². The number of benzene rings is 1. The quantitative estimate of drug-likeness (QED) is 0.734. The number of hydrogen-bond donors (Lipinski definition) is 3. The summed E-state index contributed by atoms with van der Waals surface area (Å²) >= 11 is 5.74. The highest BCUT2D eigenvalue weighted by atomic mass is 35.5. The number of amides is 2. The summed E-state index contributed by atoms with van der Waals surface area (Å²) in [4.78, 5) is 22.4. The number of carbonyl (C=O) groups is 2. The molecule has 0 aromatic heterocycles. The lowest BCUT2D eigenvalue weighted by atomic mass is 10.2. The number of urea groups is 1. The average Bonchev–Trinajstić information content (AvgIpc) is 2.29. The Labute approximate surface area is 109 Å². The van der Waals surface area contributed by atoms with Crippen LogP contribution in [0.2, 0.25) is 5.02 Å². The Balaban J connectivity index is 2.81. The van der Waals surface area contributed by atoms with E-state index >= 15 is 0 Å². The van der Waals surface area contributed by atoms with Crippen molar-refractivity contribution in [3.8, 4) is 11.8 Å². The third kappa shape index (κ3) is 4.00. The molecule has 0 bridgehead atoms. The Bertz CT molecular complexity index is 532. The number of rotatable bonds is 3. The first-order chi connectivity index (χ1) is 8.54. The second kappa shape index (κ2) is 6.52. The van der Waals surface area contributed by atoms with E-state index in [1.807, 2.05) is 0 Å². The fourth-order valence-corrected chi connectivity index (χ4v) is 1.36. The molecule has 6 heteroatoms. The maximum absolute atomic E-state index is 11.4. The van der Waals surface area contributed by atoms with Gasteiger partial charge in [-0.05, 0) is 25.1 Å². The molecule has 0 atom stereocenters. The summed E-state index contributed by atoms with van der Waals surface area (Å²) < 4.78 is 0. The van der Waals surface area contributed by atoms with E-state index in [9.17, 15) is 9.59 Å². The fourth-order valence-electron chi connectivity index (χ4n) is 1.19. The van der Waals surface area contributed by atoms with Gasteiger partial charge in [0.1, 0.15) is 0 Å². The molecule has 0 spiro atoms. The summed E-state index contributed by atoms with van der Waals surface area (Å²) in [5, 5.41) is 14.1. The topological polar surface area (TPSA) is 78.4 Å². The van der Waals surface area contributed by atoms with Crippen molar-refractivity contribution in [2.45, 2.75) is 6.92 Å². The Kier molecular flexibility index (Phi) is 5.03. The van der Waals surface area contributed by atoms with Crippen molar-refractivity contribution in [1.29, 1.82) is 0 Å². The van der Waals surface area contributed by atoms with E-state index < -0.39 is 12.0 Å². The standard InChI is InChI=1S/C12H11ClN2O3/c1-2-3-6-14-12(18)15-10-7-8(13)4-5-9(10)11(16)17/h4-5,7H,6H2,1H3,(H,16,17)(H2,14,15,18). The van der Waals surface area contributed by atoms with E-state index in [2.05, 4.69) is 22.5 Å². The molecule has 3 N–H and O–H groups in total. The largest absolute Gasteiger partial charge is 0.478 e. The molecule has 0 heterocycles. The number of aromatic carboxylic acids is 1. The average molecular weight is 267 g/mol. The van der Waals surface area contributed by atoms with Gasteiger partial charge >= 0.3 is 12.0 Å². The molecule has 0 unspecified atom stereocenters. The number of carboxylic acids is 1. The van der Waals surface area contributed by atoms with Crippen LogP contribution in [0.15, 0.2) is 18.2 Å². The Hall–Kier alpha value is -2.19. The second-order valence-electron chi connectivity index (χ2n) is 3.23. The highest BCUT2D eigenvalue weighted by Crippen LogP contribution is 2.20. The lowest BCUT2D eigenvalue weighted by Gasteiger charge is -2.08. The van der Waals surface area contributed by atoms with Crippen LogP contribution in [0.4, 0.5) is 10.5 Å². The van der Waals surface area contributed by atoms with Crippen LogP contribution in [0.25, 0.3) is 0 Å². The van der Waals surface area contributed by atoms with Gasteiger partial charge in [0.05, 0.1) is 17.8 Å². The van der Waals surface area contributed by atoms with Crippen LogP contribution in [0, 0.1) is 11.8 Å². The maximum Gasteiger partial charge on any atom is 0.337 e. The summed E-state index contributed by atoms with van der Waals surface area (Å²) in [7, 11) is 0. The van der Waals surface area contributed by atoms with Crippen LogP contribution in [0.5, 0.6) is 0 Å². The molecule has 0 radical (unpaired) electrons. The number of nitrogens with one attached hydrogen (secondary N) is 2. The summed E-state index contributed by atoms with van der Waals surface area (Å²) in [6.45, 7) is 1.84. The predicted molar refractivity (Wildman–Crippen MR) is 68.9 cm³/mol. The van der Waals surface area contributed by atoms with Gasteiger partial charge in [-0.3, -0.25) is 0 Å². The number of carbonyl (C=O) groups excluding carboxylic acids is 1. The lowest BCUT2D eigenvalue weighted by molar-refractivity contribution is 0.0698. The molecular formula is C12H11ClN2O3. The Morgan fingerprint density at radius 1 is 1.44 bits per heavy atom. The van der Waals surface area contributed by atoms with E-state index in [1.54, 1.807) is 6.92 Å². The molecule has 1 aromatic carbocycles. The number of anilines is 1. The fraction of sp³-hybridized carbons (Fsp3) is 0.167. The van der Waals surface area contributed by atoms with Crippen molar-refractivity contribution in [3.05, 3.63) is 28.8 Å². The smallest absolute Gasteiger partial charge is 0.337 e. The highest BCUT2D eigenvalue weighted by molar-refractivity contribution is 6.31. The first-order valence-electron chi connectivity index (χ1n) is 5.02. The molecule has 2 amide bonds. The molecule has 18 heavy (non-hydrogen) atoms. The zero-order valence-electron chi connectivity index (χ0n) is 9.58. The summed E-state index contributed by atoms with van der Waals surface area (Å²) in [6, 6.07) is 3.60. The van der Waals surface area contributed by atoms with Gasteiger partial charge in [0.15, 0.2) is 0 Å². The van der Waals surface area contributed by atoms with Gasteiger partial charge in [-0.2, -0.15) is 0 Å². The molecule has 0 saturated heterocycles. The van der Waals surface area contributed by atoms with Crippen molar-refractivity contribution >= 4 is 29.3 Å². The molecule has 0 aliphatic heterocycles. The molecule has 0 aliphatic carbocycles. The molecule has 1 aromatic rings. The minimum atomic E-state index is -1.14. The molecule has 5 nitrogen and oxygen atoms in total. The first-order valence-corrected chi connectivity index (χ1v) is 5.39. The van der Waals surface area contributed by atoms with Crippen LogP contribution in [-0.4, -0.2) is 23.7 Å².